The molecular formula is C16H17N7O5S. The molecule has 2 aromatic heterocycles. The summed E-state index contributed by atoms with van der Waals surface area (Å²) in [5.41, 5.74) is 12.2. The van der Waals surface area contributed by atoms with Crippen LogP contribution in [0.25, 0.3) is 5.69 Å². The van der Waals surface area contributed by atoms with E-state index in [2.05, 4.69) is 10.2 Å². The standard InChI is InChI=1S/C16H17N7O5S/c1-2-28-16(25)12-8-21-23(14(12)18)15(24)11-7-20-22(13(11)17)9-3-5-10(6-4-9)29(19,26)27/h3-8H,2,17-18H2,1H3,(H2,19,26,27). The van der Waals surface area contributed by atoms with Crippen molar-refractivity contribution in [2.75, 3.05) is 18.1 Å². The summed E-state index contributed by atoms with van der Waals surface area (Å²) in [5.74, 6) is -1.64. The SMILES string of the molecule is CCOC(=O)c1cnn(C(=O)c2cnn(-c3ccc(S(N)(=O)=O)cc3)c2N)c1N. The van der Waals surface area contributed by atoms with Crippen LogP contribution in [0.5, 0.6) is 0 Å². The molecule has 3 rings (SSSR count). The Labute approximate surface area is 164 Å². The molecule has 152 valence electrons. The molecule has 13 heteroatoms. The van der Waals surface area contributed by atoms with Gasteiger partial charge in [-0.1, -0.05) is 0 Å². The number of aromatic nitrogens is 4. The third-order valence-electron chi connectivity index (χ3n) is 3.94. The van der Waals surface area contributed by atoms with Crippen LogP contribution in [0.15, 0.2) is 41.6 Å². The second-order valence-corrected chi connectivity index (χ2v) is 7.34. The lowest BCUT2D eigenvalue weighted by Gasteiger charge is -2.07. The average Bonchev–Trinajstić information content (AvgIpc) is 3.24. The lowest BCUT2D eigenvalue weighted by atomic mass is 10.3. The minimum Gasteiger partial charge on any atom is -0.462 e. The highest BCUT2D eigenvalue weighted by Gasteiger charge is 2.24. The molecule has 29 heavy (non-hydrogen) atoms. The number of benzene rings is 1. The van der Waals surface area contributed by atoms with E-state index in [4.69, 9.17) is 21.3 Å². The van der Waals surface area contributed by atoms with E-state index in [1.807, 2.05) is 0 Å². The number of nitrogens with zero attached hydrogens (tertiary/aromatic N) is 4. The third kappa shape index (κ3) is 3.68. The van der Waals surface area contributed by atoms with Crippen molar-refractivity contribution < 1.29 is 22.7 Å². The minimum absolute atomic E-state index is 0.0225. The number of carbonyl (C=O) groups is 2. The number of hydrogen-bond donors (Lipinski definition) is 3. The average molecular weight is 419 g/mol. The minimum atomic E-state index is -3.85. The highest BCUT2D eigenvalue weighted by molar-refractivity contribution is 7.89. The van der Waals surface area contributed by atoms with Gasteiger partial charge in [0.25, 0.3) is 5.91 Å². The fourth-order valence-corrected chi connectivity index (χ4v) is 3.02. The van der Waals surface area contributed by atoms with Crippen LogP contribution in [-0.2, 0) is 14.8 Å². The van der Waals surface area contributed by atoms with Crippen LogP contribution >= 0.6 is 0 Å². The number of sulfonamides is 1. The number of rotatable bonds is 5. The molecule has 0 radical (unpaired) electrons. The van der Waals surface area contributed by atoms with Crippen LogP contribution in [-0.4, -0.2) is 46.5 Å². The van der Waals surface area contributed by atoms with Crippen LogP contribution in [0, 0.1) is 0 Å². The predicted octanol–water partition coefficient (Wildman–Crippen LogP) is -0.254. The van der Waals surface area contributed by atoms with Crippen molar-refractivity contribution in [1.29, 1.82) is 0 Å². The first kappa shape index (κ1) is 20.0. The Hall–Kier alpha value is -3.71. The molecule has 0 aliphatic heterocycles. The Kier molecular flexibility index (Phi) is 5.09. The summed E-state index contributed by atoms with van der Waals surface area (Å²) < 4.78 is 29.6. The number of primary sulfonamides is 1. The second kappa shape index (κ2) is 7.37. The fraction of sp³-hybridized carbons (Fsp3) is 0.125. The topological polar surface area (TPSA) is 191 Å². The molecule has 0 atom stereocenters. The van der Waals surface area contributed by atoms with E-state index in [0.29, 0.717) is 5.69 Å². The summed E-state index contributed by atoms with van der Waals surface area (Å²) in [4.78, 5) is 24.5. The molecule has 6 N–H and O–H groups in total. The summed E-state index contributed by atoms with van der Waals surface area (Å²) in [6.45, 7) is 1.77. The molecule has 1 aromatic carbocycles. The Balaban J connectivity index is 1.94. The lowest BCUT2D eigenvalue weighted by Crippen LogP contribution is -2.18. The molecular weight excluding hydrogens is 402 g/mol. The van der Waals surface area contributed by atoms with E-state index in [0.717, 1.165) is 10.9 Å². The molecule has 0 spiro atoms. The van der Waals surface area contributed by atoms with Crippen LogP contribution in [0.3, 0.4) is 0 Å². The zero-order valence-corrected chi connectivity index (χ0v) is 16.0. The Morgan fingerprint density at radius 3 is 2.24 bits per heavy atom. The van der Waals surface area contributed by atoms with Crippen molar-refractivity contribution in [3.05, 3.63) is 47.8 Å². The van der Waals surface area contributed by atoms with Gasteiger partial charge in [-0.3, -0.25) is 4.79 Å². The molecule has 0 saturated heterocycles. The summed E-state index contributed by atoms with van der Waals surface area (Å²) in [5, 5.41) is 12.9. The van der Waals surface area contributed by atoms with Crippen molar-refractivity contribution in [1.82, 2.24) is 19.6 Å². The van der Waals surface area contributed by atoms with Gasteiger partial charge in [0.1, 0.15) is 22.8 Å². The zero-order valence-electron chi connectivity index (χ0n) is 15.1. The summed E-state index contributed by atoms with van der Waals surface area (Å²) in [6, 6.07) is 5.42. The molecule has 0 saturated carbocycles. The maximum atomic E-state index is 12.8. The lowest BCUT2D eigenvalue weighted by molar-refractivity contribution is 0.0527. The summed E-state index contributed by atoms with van der Waals surface area (Å²) in [6.07, 6.45) is 2.33. The first-order chi connectivity index (χ1) is 13.6. The third-order valence-corrected chi connectivity index (χ3v) is 4.87. The first-order valence-electron chi connectivity index (χ1n) is 8.17. The largest absolute Gasteiger partial charge is 0.462 e. The Morgan fingerprint density at radius 1 is 1.03 bits per heavy atom. The van der Waals surface area contributed by atoms with Crippen LogP contribution in [0.4, 0.5) is 11.6 Å². The van der Waals surface area contributed by atoms with Gasteiger partial charge in [0.2, 0.25) is 10.0 Å². The predicted molar refractivity (Wildman–Crippen MR) is 102 cm³/mol. The molecule has 12 nitrogen and oxygen atoms in total. The quantitative estimate of drug-likeness (QED) is 0.468. The van der Waals surface area contributed by atoms with E-state index in [-0.39, 0.29) is 34.3 Å². The zero-order chi connectivity index (χ0) is 21.3. The van der Waals surface area contributed by atoms with Crippen LogP contribution in [0.2, 0.25) is 0 Å². The smallest absolute Gasteiger partial charge is 0.343 e. The van der Waals surface area contributed by atoms with Gasteiger partial charge in [-0.15, -0.1) is 0 Å². The first-order valence-corrected chi connectivity index (χ1v) is 9.71. The Bertz CT molecular complexity index is 1190. The van der Waals surface area contributed by atoms with Crippen molar-refractivity contribution >= 4 is 33.5 Å². The molecule has 0 unspecified atom stereocenters. The maximum absolute atomic E-state index is 12.8. The summed E-state index contributed by atoms with van der Waals surface area (Å²) >= 11 is 0. The number of nitrogen functional groups attached to an aromatic ring is 2. The molecule has 3 aromatic rings. The Morgan fingerprint density at radius 2 is 1.66 bits per heavy atom. The van der Waals surface area contributed by atoms with Gasteiger partial charge < -0.3 is 16.2 Å². The number of esters is 1. The number of hydrogen-bond acceptors (Lipinski definition) is 9. The van der Waals surface area contributed by atoms with Crippen LogP contribution in [0.1, 0.15) is 27.6 Å². The fourth-order valence-electron chi connectivity index (χ4n) is 2.51. The van der Waals surface area contributed by atoms with Gasteiger partial charge in [-0.05, 0) is 31.2 Å². The van der Waals surface area contributed by atoms with Crippen molar-refractivity contribution in [3.63, 3.8) is 0 Å². The van der Waals surface area contributed by atoms with Gasteiger partial charge >= 0.3 is 5.97 Å². The van der Waals surface area contributed by atoms with E-state index in [1.54, 1.807) is 6.92 Å². The van der Waals surface area contributed by atoms with Gasteiger partial charge in [0, 0.05) is 0 Å². The normalized spacial score (nSPS) is 11.4. The number of nitrogens with two attached hydrogens (primary N) is 3. The van der Waals surface area contributed by atoms with Gasteiger partial charge in [-0.25, -0.2) is 23.0 Å². The van der Waals surface area contributed by atoms with Crippen molar-refractivity contribution in [2.45, 2.75) is 11.8 Å². The van der Waals surface area contributed by atoms with Crippen molar-refractivity contribution in [3.8, 4) is 5.69 Å². The van der Waals surface area contributed by atoms with E-state index < -0.39 is 21.9 Å². The van der Waals surface area contributed by atoms with Gasteiger partial charge in [0.15, 0.2) is 0 Å². The molecule has 0 amide bonds. The van der Waals surface area contributed by atoms with Crippen LogP contribution < -0.4 is 16.6 Å². The summed E-state index contributed by atoms with van der Waals surface area (Å²) in [7, 11) is -3.85. The number of anilines is 2. The van der Waals surface area contributed by atoms with Gasteiger partial charge in [0.05, 0.1) is 29.6 Å². The highest BCUT2D eigenvalue weighted by Crippen LogP contribution is 2.21. The molecule has 0 aliphatic carbocycles. The molecule has 2 heterocycles. The highest BCUT2D eigenvalue weighted by atomic mass is 32.2. The molecule has 0 bridgehead atoms. The van der Waals surface area contributed by atoms with E-state index in [9.17, 15) is 18.0 Å². The number of carbonyl (C=O) groups excluding carboxylic acids is 2. The van der Waals surface area contributed by atoms with E-state index >= 15 is 0 Å². The molecule has 0 fully saturated rings. The monoisotopic (exact) mass is 419 g/mol. The second-order valence-electron chi connectivity index (χ2n) is 5.78. The van der Waals surface area contributed by atoms with Gasteiger partial charge in [-0.2, -0.15) is 14.9 Å². The number of ether oxygens (including phenoxy) is 1. The van der Waals surface area contributed by atoms with E-state index in [1.165, 1.54) is 35.1 Å². The maximum Gasteiger partial charge on any atom is 0.343 e. The molecule has 0 aliphatic rings. The van der Waals surface area contributed by atoms with Crippen molar-refractivity contribution in [2.24, 2.45) is 5.14 Å².